The van der Waals surface area contributed by atoms with E-state index in [1.54, 1.807) is 0 Å². The molecule has 2 rings (SSSR count). The number of carbonyl (C=O) groups is 1. The molecule has 12 atom stereocenters. The first-order valence-corrected chi connectivity index (χ1v) is 29.2. The fourth-order valence-corrected chi connectivity index (χ4v) is 9.24. The molecule has 0 aliphatic carbocycles. The molecular formula is C60H105NO13. The predicted molar refractivity (Wildman–Crippen MR) is 295 cm³/mol. The summed E-state index contributed by atoms with van der Waals surface area (Å²) in [5, 5.41) is 87.1. The molecule has 1 amide bonds. The Balaban J connectivity index is 1.73. The second-order valence-electron chi connectivity index (χ2n) is 20.4. The molecule has 0 aromatic carbocycles. The Hall–Kier alpha value is -2.57. The summed E-state index contributed by atoms with van der Waals surface area (Å²) in [6.07, 6.45) is 41.8. The maximum Gasteiger partial charge on any atom is 0.220 e. The molecule has 0 saturated carbocycles. The van der Waals surface area contributed by atoms with Gasteiger partial charge in [0.2, 0.25) is 5.91 Å². The number of hydrogen-bond donors (Lipinski definition) is 9. The van der Waals surface area contributed by atoms with Gasteiger partial charge in [-0.25, -0.2) is 0 Å². The SMILES string of the molecule is CC/C=C\C/C=C\C/C=C\C/C=C\C/C=C\C/C=C\CCCCCCCCCCC(=O)NC(COC1OC(CO)C(OC2OC(CO)C(O)C(O)C2O)C(O)C1O)C(O)CCCCCCCCCCCCCCC. The molecule has 428 valence electrons. The summed E-state index contributed by atoms with van der Waals surface area (Å²) in [4.78, 5) is 13.3. The fourth-order valence-electron chi connectivity index (χ4n) is 9.24. The van der Waals surface area contributed by atoms with Gasteiger partial charge >= 0.3 is 0 Å². The van der Waals surface area contributed by atoms with Crippen LogP contribution in [0.3, 0.4) is 0 Å². The number of rotatable bonds is 45. The highest BCUT2D eigenvalue weighted by atomic mass is 16.7. The van der Waals surface area contributed by atoms with Gasteiger partial charge in [-0.2, -0.15) is 0 Å². The van der Waals surface area contributed by atoms with Crippen molar-refractivity contribution in [1.29, 1.82) is 0 Å². The first kappa shape index (κ1) is 67.5. The Kier molecular flexibility index (Phi) is 41.5. The van der Waals surface area contributed by atoms with Crippen molar-refractivity contribution in [2.75, 3.05) is 19.8 Å². The van der Waals surface area contributed by atoms with Crippen LogP contribution < -0.4 is 5.32 Å². The van der Waals surface area contributed by atoms with Crippen LogP contribution >= 0.6 is 0 Å². The van der Waals surface area contributed by atoms with Gasteiger partial charge in [-0.3, -0.25) is 4.79 Å². The van der Waals surface area contributed by atoms with E-state index in [1.807, 2.05) is 0 Å². The van der Waals surface area contributed by atoms with Gasteiger partial charge in [0.05, 0.1) is 32.0 Å². The second-order valence-corrected chi connectivity index (χ2v) is 20.4. The minimum atomic E-state index is -1.79. The summed E-state index contributed by atoms with van der Waals surface area (Å²) in [5.41, 5.74) is 0. The minimum absolute atomic E-state index is 0.219. The third-order valence-corrected chi connectivity index (χ3v) is 13.9. The summed E-state index contributed by atoms with van der Waals surface area (Å²) >= 11 is 0. The summed E-state index contributed by atoms with van der Waals surface area (Å²) in [5.74, 6) is -0.219. The van der Waals surface area contributed by atoms with Crippen molar-refractivity contribution in [1.82, 2.24) is 5.32 Å². The standard InChI is InChI=1S/C60H105NO13/c1-3-5-7-9-11-13-15-17-18-19-20-21-22-23-24-25-26-27-28-29-30-32-34-36-38-40-42-44-52(65)61-48(49(64)43-41-39-37-35-33-31-16-14-12-10-8-6-4-2)47-71-59-57(70)55(68)58(51(46-63)73-59)74-60-56(69)54(67)53(66)50(45-62)72-60/h5,7,11,13,17-18,20-21,23-24,26-27,48-51,53-60,62-64,66-70H,3-4,6,8-10,12,14-16,19,22,25,28-47H2,1-2H3,(H,61,65)/b7-5-,13-11-,18-17-,21-20-,24-23-,27-26-. The smallest absolute Gasteiger partial charge is 0.220 e. The maximum absolute atomic E-state index is 13.3. The quantitative estimate of drug-likeness (QED) is 0.0205. The lowest BCUT2D eigenvalue weighted by atomic mass is 9.97. The first-order chi connectivity index (χ1) is 36.1. The van der Waals surface area contributed by atoms with Gasteiger partial charge in [0, 0.05) is 6.42 Å². The topological polar surface area (TPSA) is 228 Å². The first-order valence-electron chi connectivity index (χ1n) is 29.2. The monoisotopic (exact) mass is 1050 g/mol. The van der Waals surface area contributed by atoms with E-state index in [9.17, 15) is 45.6 Å². The molecule has 0 aromatic heterocycles. The lowest BCUT2D eigenvalue weighted by molar-refractivity contribution is -0.359. The van der Waals surface area contributed by atoms with E-state index in [1.165, 1.54) is 83.5 Å². The molecular weight excluding hydrogens is 943 g/mol. The number of carbonyl (C=O) groups excluding carboxylic acids is 1. The normalized spacial score (nSPS) is 25.8. The van der Waals surface area contributed by atoms with E-state index in [4.69, 9.17) is 18.9 Å². The second kappa shape index (κ2) is 45.4. The Morgan fingerprint density at radius 1 is 0.500 bits per heavy atom. The number of ether oxygens (including phenoxy) is 4. The third-order valence-electron chi connectivity index (χ3n) is 13.9. The van der Waals surface area contributed by atoms with Gasteiger partial charge in [0.15, 0.2) is 12.6 Å². The molecule has 0 spiro atoms. The highest BCUT2D eigenvalue weighted by Gasteiger charge is 2.51. The van der Waals surface area contributed by atoms with Gasteiger partial charge in [-0.15, -0.1) is 0 Å². The largest absolute Gasteiger partial charge is 0.394 e. The van der Waals surface area contributed by atoms with E-state index < -0.39 is 86.8 Å². The van der Waals surface area contributed by atoms with Gasteiger partial charge in [0.1, 0.15) is 48.8 Å². The van der Waals surface area contributed by atoms with Crippen LogP contribution in [-0.2, 0) is 23.7 Å². The summed E-state index contributed by atoms with van der Waals surface area (Å²) in [6.45, 7) is 2.73. The molecule has 2 heterocycles. The third kappa shape index (κ3) is 31.0. The Bertz CT molecular complexity index is 1520. The average molecular weight is 1050 g/mol. The molecule has 9 N–H and O–H groups in total. The van der Waals surface area contributed by atoms with Gasteiger partial charge in [-0.1, -0.05) is 209 Å². The Morgan fingerprint density at radius 3 is 1.43 bits per heavy atom. The zero-order valence-corrected chi connectivity index (χ0v) is 45.8. The van der Waals surface area contributed by atoms with Crippen molar-refractivity contribution >= 4 is 5.91 Å². The number of amides is 1. The van der Waals surface area contributed by atoms with Crippen molar-refractivity contribution in [3.8, 4) is 0 Å². The fraction of sp³-hybridized carbons (Fsp3) is 0.783. The molecule has 0 radical (unpaired) electrons. The van der Waals surface area contributed by atoms with Crippen LogP contribution in [0.4, 0.5) is 0 Å². The molecule has 14 heteroatoms. The van der Waals surface area contributed by atoms with Crippen LogP contribution in [-0.4, -0.2) is 140 Å². The number of nitrogens with one attached hydrogen (secondary N) is 1. The van der Waals surface area contributed by atoms with Gasteiger partial charge in [0.25, 0.3) is 0 Å². The Morgan fingerprint density at radius 2 is 0.932 bits per heavy atom. The Labute approximate surface area is 447 Å². The van der Waals surface area contributed by atoms with Gasteiger partial charge < -0.3 is 65.1 Å². The summed E-state index contributed by atoms with van der Waals surface area (Å²) < 4.78 is 22.8. The maximum atomic E-state index is 13.3. The number of aliphatic hydroxyl groups excluding tert-OH is 8. The number of aliphatic hydroxyl groups is 8. The van der Waals surface area contributed by atoms with Crippen molar-refractivity contribution in [2.45, 2.75) is 280 Å². The highest BCUT2D eigenvalue weighted by Crippen LogP contribution is 2.30. The highest BCUT2D eigenvalue weighted by molar-refractivity contribution is 5.76. The van der Waals surface area contributed by atoms with E-state index >= 15 is 0 Å². The van der Waals surface area contributed by atoms with Crippen molar-refractivity contribution in [3.63, 3.8) is 0 Å². The molecule has 2 fully saturated rings. The molecule has 2 aliphatic heterocycles. The number of allylic oxidation sites excluding steroid dienone is 12. The zero-order valence-electron chi connectivity index (χ0n) is 45.8. The van der Waals surface area contributed by atoms with Crippen LogP contribution in [0.1, 0.15) is 206 Å². The summed E-state index contributed by atoms with van der Waals surface area (Å²) in [6, 6.07) is -0.837. The minimum Gasteiger partial charge on any atom is -0.394 e. The van der Waals surface area contributed by atoms with Crippen molar-refractivity contribution < 1.29 is 64.6 Å². The number of hydrogen-bond acceptors (Lipinski definition) is 13. The molecule has 0 aromatic rings. The molecule has 74 heavy (non-hydrogen) atoms. The van der Waals surface area contributed by atoms with Crippen molar-refractivity contribution in [3.05, 3.63) is 72.9 Å². The van der Waals surface area contributed by atoms with Gasteiger partial charge in [-0.05, 0) is 64.2 Å². The number of unbranched alkanes of at least 4 members (excludes halogenated alkanes) is 20. The van der Waals surface area contributed by atoms with E-state index in [-0.39, 0.29) is 12.5 Å². The molecule has 14 nitrogen and oxygen atoms in total. The summed E-state index contributed by atoms with van der Waals surface area (Å²) in [7, 11) is 0. The lowest BCUT2D eigenvalue weighted by Crippen LogP contribution is -2.65. The van der Waals surface area contributed by atoms with Crippen LogP contribution in [0.2, 0.25) is 0 Å². The zero-order chi connectivity index (χ0) is 53.9. The van der Waals surface area contributed by atoms with Crippen LogP contribution in [0.15, 0.2) is 72.9 Å². The van der Waals surface area contributed by atoms with E-state index in [2.05, 4.69) is 92.1 Å². The molecule has 12 unspecified atom stereocenters. The lowest BCUT2D eigenvalue weighted by Gasteiger charge is -2.46. The predicted octanol–water partition coefficient (Wildman–Crippen LogP) is 9.55. The van der Waals surface area contributed by atoms with E-state index in [0.29, 0.717) is 19.3 Å². The van der Waals surface area contributed by atoms with E-state index in [0.717, 1.165) is 89.9 Å². The van der Waals surface area contributed by atoms with Crippen LogP contribution in [0.5, 0.6) is 0 Å². The molecule has 2 saturated heterocycles. The van der Waals surface area contributed by atoms with Crippen molar-refractivity contribution in [2.24, 2.45) is 0 Å². The average Bonchev–Trinajstić information content (AvgIpc) is 3.40. The molecule has 0 bridgehead atoms. The van der Waals surface area contributed by atoms with Crippen LogP contribution in [0.25, 0.3) is 0 Å². The molecule has 2 aliphatic rings. The van der Waals surface area contributed by atoms with Crippen LogP contribution in [0, 0.1) is 0 Å².